The number of benzene rings is 1. The van der Waals surface area contributed by atoms with Crippen LogP contribution in [-0.2, 0) is 0 Å². The summed E-state index contributed by atoms with van der Waals surface area (Å²) < 4.78 is 0. The zero-order chi connectivity index (χ0) is 50.8. The Kier molecular flexibility index (Phi) is 70.7. The van der Waals surface area contributed by atoms with Crippen LogP contribution in [-0.4, -0.2) is 124 Å². The molecule has 0 heterocycles. The highest BCUT2D eigenvalue weighted by molar-refractivity contribution is 5.42. The summed E-state index contributed by atoms with van der Waals surface area (Å²) in [5.41, 5.74) is 6.30. The summed E-state index contributed by atoms with van der Waals surface area (Å²) in [6, 6.07) is 16.1. The maximum Gasteiger partial charge on any atom is 0.0556 e. The molecule has 0 spiro atoms. The molecule has 1 aliphatic rings. The Bertz CT molecular complexity index is 861. The molecule has 63 heavy (non-hydrogen) atoms. The smallest absolute Gasteiger partial charge is 0.0556 e. The summed E-state index contributed by atoms with van der Waals surface area (Å²) in [5.74, 6) is 0.978. The molecule has 1 aromatic rings. The standard InChI is InChI=1S/C10H21N.C9H13N.2C6H15N.C5H13NO.2C5H13N.C4H11N.C3H9N/c1-9(2)11-8-10-6-4-3-5-7-10;1-8(2)10-9-6-4-3-5-7-9;1-5(2)7-6(3)4;1-4-5-7-6(2)3;1-5(2)6-3-4-7;1-5(2)6(3)4;1-4-6-5(2)3;1-4(2)5-3;1-3(2)4/h9-11H,3-8H2,1-2H3;3-8,10H,1-2H3;5-7H,1-4H3;6-7H,4-5H2,1-3H3;5-7H,3-4H2,1-2H3;5H,1-4H3;5-6H,4H2,1-3H3;4-5H,1-3H3;3H,4H2,1-2H3. The third-order valence-electron chi connectivity index (χ3n) is 8.12. The normalized spacial score (nSPS) is 12.1. The van der Waals surface area contributed by atoms with Crippen LogP contribution in [0.5, 0.6) is 0 Å². The van der Waals surface area contributed by atoms with Crippen molar-refractivity contribution < 1.29 is 5.11 Å². The monoisotopic (exact) mass is 902 g/mol. The van der Waals surface area contributed by atoms with E-state index in [0.717, 1.165) is 19.0 Å². The number of anilines is 1. The van der Waals surface area contributed by atoms with Crippen LogP contribution in [0.25, 0.3) is 0 Å². The fourth-order valence-electron chi connectivity index (χ4n) is 4.52. The molecule has 1 aliphatic carbocycles. The quantitative estimate of drug-likeness (QED) is 0.0744. The van der Waals surface area contributed by atoms with Gasteiger partial charge < -0.3 is 53.0 Å². The van der Waals surface area contributed by atoms with Crippen molar-refractivity contribution in [2.45, 2.75) is 251 Å². The molecule has 0 unspecified atom stereocenters. The molecule has 386 valence electrons. The number of nitrogens with zero attached hydrogens (tertiary/aromatic N) is 1. The van der Waals surface area contributed by atoms with Crippen molar-refractivity contribution in [3.8, 4) is 0 Å². The third kappa shape index (κ3) is 105. The molecular weight excluding hydrogens is 779 g/mol. The highest BCUT2D eigenvalue weighted by Crippen LogP contribution is 2.22. The molecule has 0 aromatic heterocycles. The molecule has 2 rings (SSSR count). The van der Waals surface area contributed by atoms with Gasteiger partial charge in [-0.15, -0.1) is 0 Å². The van der Waals surface area contributed by atoms with Gasteiger partial charge in [0.25, 0.3) is 0 Å². The van der Waals surface area contributed by atoms with Gasteiger partial charge in [0.2, 0.25) is 0 Å². The van der Waals surface area contributed by atoms with Gasteiger partial charge in [-0.25, -0.2) is 0 Å². The third-order valence-corrected chi connectivity index (χ3v) is 8.12. The summed E-state index contributed by atoms with van der Waals surface area (Å²) in [7, 11) is 6.10. The molecule has 0 aliphatic heterocycles. The fourth-order valence-corrected chi connectivity index (χ4v) is 4.52. The van der Waals surface area contributed by atoms with E-state index >= 15 is 0 Å². The summed E-state index contributed by atoms with van der Waals surface area (Å²) in [5, 5.41) is 31.0. The Labute approximate surface area is 398 Å². The van der Waals surface area contributed by atoms with Crippen molar-refractivity contribution in [2.24, 2.45) is 11.7 Å². The minimum absolute atomic E-state index is 0.234. The first kappa shape index (κ1) is 75.9. The van der Waals surface area contributed by atoms with Crippen LogP contribution in [0.4, 0.5) is 5.69 Å². The second kappa shape index (κ2) is 58.7. The fraction of sp³-hybridized carbons (Fsp3) is 0.887. The number of nitrogens with two attached hydrogens (primary N) is 1. The van der Waals surface area contributed by atoms with E-state index in [4.69, 9.17) is 10.8 Å². The highest BCUT2D eigenvalue weighted by Gasteiger charge is 2.12. The molecule has 1 fully saturated rings. The topological polar surface area (TPSA) is 134 Å². The number of aliphatic hydroxyl groups is 1. The predicted octanol–water partition coefficient (Wildman–Crippen LogP) is 10.8. The first-order valence-electron chi connectivity index (χ1n) is 25.4. The molecule has 0 bridgehead atoms. The van der Waals surface area contributed by atoms with Crippen LogP contribution < -0.4 is 43.0 Å². The van der Waals surface area contributed by atoms with E-state index < -0.39 is 0 Å². The number of rotatable bonds is 17. The van der Waals surface area contributed by atoms with E-state index in [9.17, 15) is 0 Å². The lowest BCUT2D eigenvalue weighted by molar-refractivity contribution is 0.287. The highest BCUT2D eigenvalue weighted by atomic mass is 16.3. The first-order valence-corrected chi connectivity index (χ1v) is 25.4. The summed E-state index contributed by atoms with van der Waals surface area (Å²) in [4.78, 5) is 2.17. The van der Waals surface area contributed by atoms with Gasteiger partial charge in [-0.05, 0) is 112 Å². The van der Waals surface area contributed by atoms with Gasteiger partial charge >= 0.3 is 0 Å². The molecule has 0 saturated heterocycles. The van der Waals surface area contributed by atoms with Crippen molar-refractivity contribution in [1.82, 2.24) is 36.8 Å². The number of hydrogen-bond donors (Lipinski definition) is 9. The maximum absolute atomic E-state index is 8.25. The molecular formula is C53H123N9O. The average molecular weight is 903 g/mol. The summed E-state index contributed by atoms with van der Waals surface area (Å²) in [6.45, 7) is 51.2. The van der Waals surface area contributed by atoms with Crippen LogP contribution in [0, 0.1) is 5.92 Å². The molecule has 1 saturated carbocycles. The first-order chi connectivity index (χ1) is 29.2. The van der Waals surface area contributed by atoms with Crippen LogP contribution >= 0.6 is 0 Å². The van der Waals surface area contributed by atoms with Crippen molar-refractivity contribution in [3.05, 3.63) is 30.3 Å². The lowest BCUT2D eigenvalue weighted by atomic mass is 9.89. The number of nitrogens with one attached hydrogen (secondary N) is 7. The Morgan fingerprint density at radius 1 is 0.571 bits per heavy atom. The van der Waals surface area contributed by atoms with Gasteiger partial charge in [0.15, 0.2) is 0 Å². The zero-order valence-electron chi connectivity index (χ0n) is 47.5. The minimum Gasteiger partial charge on any atom is -0.395 e. The van der Waals surface area contributed by atoms with Gasteiger partial charge in [-0.1, -0.05) is 162 Å². The van der Waals surface area contributed by atoms with Crippen molar-refractivity contribution >= 4 is 5.69 Å². The van der Waals surface area contributed by atoms with Crippen LogP contribution in [0.1, 0.15) is 191 Å². The van der Waals surface area contributed by atoms with Gasteiger partial charge in [0.1, 0.15) is 0 Å². The minimum atomic E-state index is 0.234. The molecule has 0 radical (unpaired) electrons. The molecule has 1 aromatic carbocycles. The van der Waals surface area contributed by atoms with E-state index in [1.807, 2.05) is 39.1 Å². The Hall–Kier alpha value is -1.34. The van der Waals surface area contributed by atoms with E-state index in [1.54, 1.807) is 0 Å². The molecule has 10 nitrogen and oxygen atoms in total. The average Bonchev–Trinajstić information content (AvgIpc) is 3.17. The lowest BCUT2D eigenvalue weighted by Crippen LogP contribution is -2.29. The van der Waals surface area contributed by atoms with Crippen molar-refractivity contribution in [2.75, 3.05) is 59.2 Å². The Morgan fingerprint density at radius 2 is 0.952 bits per heavy atom. The molecule has 0 atom stereocenters. The van der Waals surface area contributed by atoms with Gasteiger partial charge in [-0.3, -0.25) is 0 Å². The zero-order valence-corrected chi connectivity index (χ0v) is 47.5. The maximum atomic E-state index is 8.25. The Balaban J connectivity index is -0.000000114. The van der Waals surface area contributed by atoms with Crippen molar-refractivity contribution in [1.29, 1.82) is 0 Å². The second-order valence-corrected chi connectivity index (χ2v) is 19.6. The van der Waals surface area contributed by atoms with Gasteiger partial charge in [0, 0.05) is 66.6 Å². The number of para-hydroxylation sites is 1. The van der Waals surface area contributed by atoms with Crippen LogP contribution in [0.3, 0.4) is 0 Å². The summed E-state index contributed by atoms with van der Waals surface area (Å²) >= 11 is 0. The predicted molar refractivity (Wildman–Crippen MR) is 293 cm³/mol. The second-order valence-electron chi connectivity index (χ2n) is 19.6. The van der Waals surface area contributed by atoms with Crippen LogP contribution in [0.15, 0.2) is 30.3 Å². The molecule has 0 amide bonds. The molecule has 10 N–H and O–H groups in total. The van der Waals surface area contributed by atoms with E-state index in [2.05, 4.69) is 207 Å². The lowest BCUT2D eigenvalue weighted by Gasteiger charge is -2.22. The van der Waals surface area contributed by atoms with E-state index in [1.165, 1.54) is 50.8 Å². The van der Waals surface area contributed by atoms with E-state index in [-0.39, 0.29) is 6.61 Å². The Morgan fingerprint density at radius 3 is 1.16 bits per heavy atom. The largest absolute Gasteiger partial charge is 0.395 e. The van der Waals surface area contributed by atoms with Crippen LogP contribution in [0.2, 0.25) is 0 Å². The molecule has 10 heteroatoms. The summed E-state index contributed by atoms with van der Waals surface area (Å²) in [6.07, 6.45) is 8.55. The van der Waals surface area contributed by atoms with E-state index in [0.29, 0.717) is 67.0 Å². The van der Waals surface area contributed by atoms with Crippen molar-refractivity contribution in [3.63, 3.8) is 0 Å². The number of aliphatic hydroxyl groups excluding tert-OH is 1. The number of hydrogen-bond acceptors (Lipinski definition) is 10. The van der Waals surface area contributed by atoms with Gasteiger partial charge in [-0.2, -0.15) is 0 Å². The SMILES string of the molecule is CC(C)N.CC(C)N(C)C.CC(C)NC(C)C.CC(C)NCC1CCCCC1.CC(C)NCCO.CC(C)Nc1ccccc1.CCCNC(C)C.CCNC(C)C.CNC(C)C. The van der Waals surface area contributed by atoms with Gasteiger partial charge in [0.05, 0.1) is 6.61 Å².